The number of aromatic nitrogens is 1. The Bertz CT molecular complexity index is 903. The smallest absolute Gasteiger partial charge is 0.228 e. The van der Waals surface area contributed by atoms with E-state index in [1.54, 1.807) is 6.20 Å². The van der Waals surface area contributed by atoms with Gasteiger partial charge in [0.2, 0.25) is 5.91 Å². The van der Waals surface area contributed by atoms with Crippen molar-refractivity contribution in [1.82, 2.24) is 9.88 Å². The van der Waals surface area contributed by atoms with Gasteiger partial charge in [-0.25, -0.2) is 4.39 Å². The topological polar surface area (TPSA) is 60.2 Å². The molecule has 1 fully saturated rings. The van der Waals surface area contributed by atoms with Crippen LogP contribution in [0.15, 0.2) is 18.3 Å². The number of rotatable bonds is 1. The van der Waals surface area contributed by atoms with Gasteiger partial charge in [-0.05, 0) is 24.6 Å². The highest BCUT2D eigenvalue weighted by Crippen LogP contribution is 2.32. The molecule has 0 atom stereocenters. The van der Waals surface area contributed by atoms with E-state index in [4.69, 9.17) is 0 Å². The van der Waals surface area contributed by atoms with Crippen LogP contribution in [-0.4, -0.2) is 42.0 Å². The molecule has 1 aliphatic rings. The number of amides is 1. The number of carbonyl (C=O) groups is 1. The van der Waals surface area contributed by atoms with E-state index in [1.165, 1.54) is 12.1 Å². The number of carbonyl (C=O) groups excluding carboxylic acids is 1. The maximum atomic E-state index is 14.0. The lowest BCUT2D eigenvalue weighted by atomic mass is 9.94. The summed E-state index contributed by atoms with van der Waals surface area (Å²) in [5.74, 6) is -0.214. The second-order valence-electron chi connectivity index (χ2n) is 7.78. The minimum Gasteiger partial charge on any atom is -0.366 e. The summed E-state index contributed by atoms with van der Waals surface area (Å²) in [5, 5.41) is 10.2. The van der Waals surface area contributed by atoms with E-state index in [1.807, 2.05) is 32.6 Å². The summed E-state index contributed by atoms with van der Waals surface area (Å²) in [6.45, 7) is 9.93. The molecule has 0 aliphatic carbocycles. The molecule has 0 saturated carbocycles. The van der Waals surface area contributed by atoms with E-state index in [0.29, 0.717) is 48.3 Å². The first-order valence-corrected chi connectivity index (χ1v) is 8.75. The lowest BCUT2D eigenvalue weighted by Gasteiger charge is -2.39. The van der Waals surface area contributed by atoms with E-state index in [9.17, 15) is 14.4 Å². The van der Waals surface area contributed by atoms with Crippen molar-refractivity contribution < 1.29 is 9.18 Å². The number of nitriles is 1. The summed E-state index contributed by atoms with van der Waals surface area (Å²) < 4.78 is 14.0. The molecule has 0 unspecified atom stereocenters. The Balaban J connectivity index is 1.97. The molecule has 26 heavy (non-hydrogen) atoms. The highest BCUT2D eigenvalue weighted by atomic mass is 19.1. The maximum absolute atomic E-state index is 14.0. The fourth-order valence-corrected chi connectivity index (χ4v) is 3.45. The number of nitrogens with zero attached hydrogens (tertiary/aromatic N) is 4. The number of anilines is 1. The van der Waals surface area contributed by atoms with E-state index in [2.05, 4.69) is 16.0 Å². The van der Waals surface area contributed by atoms with Crippen LogP contribution in [0.1, 0.15) is 31.9 Å². The summed E-state index contributed by atoms with van der Waals surface area (Å²) in [4.78, 5) is 20.7. The second kappa shape index (κ2) is 6.56. The lowest BCUT2D eigenvalue weighted by Crippen LogP contribution is -2.51. The monoisotopic (exact) mass is 354 g/mol. The zero-order valence-corrected chi connectivity index (χ0v) is 15.6. The molecule has 1 aromatic carbocycles. The molecule has 1 amide bonds. The van der Waals surface area contributed by atoms with Crippen LogP contribution in [0.4, 0.5) is 10.1 Å². The number of hydrogen-bond acceptors (Lipinski definition) is 4. The Hall–Kier alpha value is -2.68. The van der Waals surface area contributed by atoms with Crippen LogP contribution in [0, 0.1) is 29.5 Å². The molecular weight excluding hydrogens is 331 g/mol. The summed E-state index contributed by atoms with van der Waals surface area (Å²) in [7, 11) is 0. The predicted octanol–water partition coefficient (Wildman–Crippen LogP) is 3.25. The molecule has 1 aromatic heterocycles. The van der Waals surface area contributed by atoms with E-state index in [-0.39, 0.29) is 11.7 Å². The van der Waals surface area contributed by atoms with Gasteiger partial charge in [0.1, 0.15) is 11.9 Å². The van der Waals surface area contributed by atoms with Crippen molar-refractivity contribution >= 4 is 22.5 Å². The normalized spacial score (nSPS) is 15.2. The number of fused-ring (bicyclic) bond motifs is 1. The average Bonchev–Trinajstić information content (AvgIpc) is 2.59. The highest BCUT2D eigenvalue weighted by Gasteiger charge is 2.30. The molecule has 3 rings (SSSR count). The summed E-state index contributed by atoms with van der Waals surface area (Å²) in [5.41, 5.74) is 2.17. The van der Waals surface area contributed by atoms with Crippen molar-refractivity contribution in [3.63, 3.8) is 0 Å². The minimum atomic E-state index is -0.413. The summed E-state index contributed by atoms with van der Waals surface area (Å²) in [6.07, 6.45) is 1.55. The standard InChI is InChI=1S/C20H23FN4O/c1-13-9-15(21)10-16-17(13)23-12-14(11-22)18(16)24-5-7-25(8-6-24)19(26)20(2,3)4/h9-10,12H,5-8H2,1-4H3. The van der Waals surface area contributed by atoms with Gasteiger partial charge in [0.25, 0.3) is 0 Å². The van der Waals surface area contributed by atoms with Crippen LogP contribution in [0.3, 0.4) is 0 Å². The first-order valence-electron chi connectivity index (χ1n) is 8.75. The van der Waals surface area contributed by atoms with Gasteiger partial charge >= 0.3 is 0 Å². The van der Waals surface area contributed by atoms with Crippen molar-refractivity contribution in [3.8, 4) is 6.07 Å². The molecule has 5 nitrogen and oxygen atoms in total. The van der Waals surface area contributed by atoms with Crippen LogP contribution in [0.5, 0.6) is 0 Å². The molecule has 6 heteroatoms. The van der Waals surface area contributed by atoms with Gasteiger partial charge in [0, 0.05) is 43.2 Å². The number of benzene rings is 1. The zero-order valence-electron chi connectivity index (χ0n) is 15.6. The first-order chi connectivity index (χ1) is 12.2. The molecular formula is C20H23FN4O. The van der Waals surface area contributed by atoms with Gasteiger partial charge in [0.05, 0.1) is 16.8 Å². The first kappa shape index (κ1) is 18.1. The molecule has 0 radical (unpaired) electrons. The van der Waals surface area contributed by atoms with Gasteiger partial charge < -0.3 is 9.80 Å². The number of pyridine rings is 1. The lowest BCUT2D eigenvalue weighted by molar-refractivity contribution is -0.139. The minimum absolute atomic E-state index is 0.124. The van der Waals surface area contributed by atoms with Crippen LogP contribution >= 0.6 is 0 Å². The van der Waals surface area contributed by atoms with Crippen molar-refractivity contribution in [3.05, 3.63) is 35.3 Å². The Labute approximate surface area is 153 Å². The van der Waals surface area contributed by atoms with E-state index >= 15 is 0 Å². The number of halogens is 1. The third kappa shape index (κ3) is 3.22. The third-order valence-electron chi connectivity index (χ3n) is 4.74. The number of aryl methyl sites for hydroxylation is 1. The Morgan fingerprint density at radius 3 is 2.46 bits per heavy atom. The van der Waals surface area contributed by atoms with Crippen molar-refractivity contribution in [2.24, 2.45) is 5.41 Å². The third-order valence-corrected chi connectivity index (χ3v) is 4.74. The summed E-state index contributed by atoms with van der Waals surface area (Å²) in [6, 6.07) is 5.07. The van der Waals surface area contributed by atoms with Gasteiger partial charge in [-0.15, -0.1) is 0 Å². The SMILES string of the molecule is Cc1cc(F)cc2c(N3CCN(C(=O)C(C)(C)C)CC3)c(C#N)cnc12. The molecule has 0 spiro atoms. The van der Waals surface area contributed by atoms with E-state index in [0.717, 1.165) is 5.56 Å². The van der Waals surface area contributed by atoms with Crippen molar-refractivity contribution in [2.75, 3.05) is 31.1 Å². The fraction of sp³-hybridized carbons (Fsp3) is 0.450. The Morgan fingerprint density at radius 1 is 1.23 bits per heavy atom. The summed E-state index contributed by atoms with van der Waals surface area (Å²) >= 11 is 0. The highest BCUT2D eigenvalue weighted by molar-refractivity contribution is 5.96. The zero-order chi connectivity index (χ0) is 19.1. The molecule has 1 aliphatic heterocycles. The quantitative estimate of drug-likeness (QED) is 0.789. The van der Waals surface area contributed by atoms with E-state index < -0.39 is 5.41 Å². The number of hydrogen-bond donors (Lipinski definition) is 0. The molecule has 0 bridgehead atoms. The molecule has 2 heterocycles. The average molecular weight is 354 g/mol. The van der Waals surface area contributed by atoms with Crippen molar-refractivity contribution in [2.45, 2.75) is 27.7 Å². The van der Waals surface area contributed by atoms with Crippen LogP contribution in [0.2, 0.25) is 0 Å². The van der Waals surface area contributed by atoms with Gasteiger partial charge in [-0.2, -0.15) is 5.26 Å². The maximum Gasteiger partial charge on any atom is 0.228 e. The van der Waals surface area contributed by atoms with Gasteiger partial charge in [0.15, 0.2) is 0 Å². The Kier molecular flexibility index (Phi) is 4.57. The second-order valence-corrected chi connectivity index (χ2v) is 7.78. The largest absolute Gasteiger partial charge is 0.366 e. The van der Waals surface area contributed by atoms with Crippen molar-refractivity contribution in [1.29, 1.82) is 5.26 Å². The number of piperazine rings is 1. The van der Waals surface area contributed by atoms with Gasteiger partial charge in [-0.1, -0.05) is 20.8 Å². The van der Waals surface area contributed by atoms with Gasteiger partial charge in [-0.3, -0.25) is 9.78 Å². The fourth-order valence-electron chi connectivity index (χ4n) is 3.45. The molecule has 0 N–H and O–H groups in total. The van der Waals surface area contributed by atoms with Crippen LogP contribution in [0.25, 0.3) is 10.9 Å². The predicted molar refractivity (Wildman–Crippen MR) is 99.4 cm³/mol. The van der Waals surface area contributed by atoms with Crippen LogP contribution < -0.4 is 4.90 Å². The molecule has 1 saturated heterocycles. The molecule has 136 valence electrons. The molecule has 2 aromatic rings. The van der Waals surface area contributed by atoms with Crippen LogP contribution in [-0.2, 0) is 4.79 Å². The Morgan fingerprint density at radius 2 is 1.88 bits per heavy atom.